The van der Waals surface area contributed by atoms with Gasteiger partial charge in [-0.05, 0) is 13.8 Å². The van der Waals surface area contributed by atoms with Crippen LogP contribution in [-0.4, -0.2) is 42.4 Å². The van der Waals surface area contributed by atoms with Gasteiger partial charge in [0.05, 0.1) is 24.9 Å². The maximum Gasteiger partial charge on any atom is 0.125 e. The molecular formula is C10H18O4. The van der Waals surface area contributed by atoms with Gasteiger partial charge in [0.25, 0.3) is 0 Å². The van der Waals surface area contributed by atoms with Crippen LogP contribution in [0.15, 0.2) is 0 Å². The third kappa shape index (κ3) is 2.77. The molecule has 0 aromatic rings. The van der Waals surface area contributed by atoms with Gasteiger partial charge < -0.3 is 19.4 Å². The molecule has 0 saturated carbocycles. The summed E-state index contributed by atoms with van der Waals surface area (Å²) in [6.45, 7) is 6.31. The summed E-state index contributed by atoms with van der Waals surface area (Å²) in [7, 11) is 0. The van der Waals surface area contributed by atoms with Crippen LogP contribution in [0.1, 0.15) is 20.8 Å². The van der Waals surface area contributed by atoms with E-state index in [1.54, 1.807) is 6.92 Å². The van der Waals surface area contributed by atoms with Crippen LogP contribution in [0.3, 0.4) is 0 Å². The molecule has 1 rings (SSSR count). The highest BCUT2D eigenvalue weighted by Gasteiger charge is 2.34. The van der Waals surface area contributed by atoms with E-state index in [1.807, 2.05) is 13.8 Å². The number of aldehydes is 1. The lowest BCUT2D eigenvalue weighted by Crippen LogP contribution is -2.48. The second kappa shape index (κ2) is 4.38. The van der Waals surface area contributed by atoms with E-state index in [-0.39, 0.29) is 11.7 Å². The first-order valence-corrected chi connectivity index (χ1v) is 4.85. The minimum atomic E-state index is -0.774. The molecule has 0 bridgehead atoms. The molecule has 1 N–H and O–H groups in total. The molecular weight excluding hydrogens is 184 g/mol. The van der Waals surface area contributed by atoms with Gasteiger partial charge in [0.2, 0.25) is 0 Å². The highest BCUT2D eigenvalue weighted by Crippen LogP contribution is 2.21. The molecule has 1 fully saturated rings. The van der Waals surface area contributed by atoms with Gasteiger partial charge in [-0.15, -0.1) is 0 Å². The number of carbonyl (C=O) groups is 1. The molecule has 0 aromatic carbocycles. The zero-order valence-corrected chi connectivity index (χ0v) is 8.90. The summed E-state index contributed by atoms with van der Waals surface area (Å²) in [6, 6.07) is 0. The number of carbonyl (C=O) groups excluding carboxylic acids is 1. The first-order valence-electron chi connectivity index (χ1n) is 4.85. The zero-order chi connectivity index (χ0) is 10.8. The molecule has 0 aliphatic carbocycles. The molecule has 1 aliphatic heterocycles. The molecule has 4 nitrogen and oxygen atoms in total. The Bertz CT molecular complexity index is 192. The average molecular weight is 202 g/mol. The summed E-state index contributed by atoms with van der Waals surface area (Å²) < 4.78 is 10.9. The van der Waals surface area contributed by atoms with E-state index in [4.69, 9.17) is 9.47 Å². The molecule has 0 radical (unpaired) electrons. The number of rotatable bonds is 3. The molecule has 1 saturated heterocycles. The van der Waals surface area contributed by atoms with Crippen molar-refractivity contribution in [3.05, 3.63) is 0 Å². The lowest BCUT2D eigenvalue weighted by molar-refractivity contribution is -0.204. The second-order valence-corrected chi connectivity index (χ2v) is 4.41. The number of hydrogen-bond donors (Lipinski definition) is 1. The van der Waals surface area contributed by atoms with E-state index in [2.05, 4.69) is 0 Å². The van der Waals surface area contributed by atoms with Crippen LogP contribution in [0.5, 0.6) is 0 Å². The lowest BCUT2D eigenvalue weighted by atomic mass is 10.00. The first-order chi connectivity index (χ1) is 6.46. The predicted molar refractivity (Wildman–Crippen MR) is 51.0 cm³/mol. The van der Waals surface area contributed by atoms with Gasteiger partial charge in [-0.25, -0.2) is 0 Å². The third-order valence-electron chi connectivity index (χ3n) is 2.42. The van der Waals surface area contributed by atoms with Gasteiger partial charge in [0, 0.05) is 5.92 Å². The van der Waals surface area contributed by atoms with Crippen molar-refractivity contribution in [2.75, 3.05) is 13.2 Å². The van der Waals surface area contributed by atoms with Gasteiger partial charge >= 0.3 is 0 Å². The zero-order valence-electron chi connectivity index (χ0n) is 8.90. The van der Waals surface area contributed by atoms with Crippen molar-refractivity contribution in [2.45, 2.75) is 38.6 Å². The topological polar surface area (TPSA) is 55.8 Å². The standard InChI is InChI=1S/C10H18O4/c1-7(4-11)9(12)8-5-14-10(2,3)6-13-8/h4,7-9,12H,5-6H2,1-3H3. The van der Waals surface area contributed by atoms with Crippen molar-refractivity contribution in [3.63, 3.8) is 0 Å². The minimum absolute atomic E-state index is 0.291. The van der Waals surface area contributed by atoms with Gasteiger partial charge in [-0.3, -0.25) is 0 Å². The lowest BCUT2D eigenvalue weighted by Gasteiger charge is -2.37. The van der Waals surface area contributed by atoms with Crippen molar-refractivity contribution in [2.24, 2.45) is 5.92 Å². The van der Waals surface area contributed by atoms with Crippen LogP contribution >= 0.6 is 0 Å². The fourth-order valence-electron chi connectivity index (χ4n) is 1.32. The molecule has 4 heteroatoms. The van der Waals surface area contributed by atoms with Crippen LogP contribution < -0.4 is 0 Å². The van der Waals surface area contributed by atoms with Crippen molar-refractivity contribution < 1.29 is 19.4 Å². The maximum absolute atomic E-state index is 10.5. The summed E-state index contributed by atoms with van der Waals surface area (Å²) in [5.74, 6) is -0.412. The Labute approximate surface area is 84.2 Å². The van der Waals surface area contributed by atoms with Crippen molar-refractivity contribution in [3.8, 4) is 0 Å². The fourth-order valence-corrected chi connectivity index (χ4v) is 1.32. The molecule has 3 unspecified atom stereocenters. The summed E-state index contributed by atoms with van der Waals surface area (Å²) >= 11 is 0. The Hall–Kier alpha value is -0.450. The van der Waals surface area contributed by atoms with E-state index in [1.165, 1.54) is 0 Å². The quantitative estimate of drug-likeness (QED) is 0.672. The molecule has 1 aliphatic rings. The van der Waals surface area contributed by atoms with Gasteiger partial charge in [-0.2, -0.15) is 0 Å². The minimum Gasteiger partial charge on any atom is -0.390 e. The van der Waals surface area contributed by atoms with E-state index in [9.17, 15) is 9.90 Å². The predicted octanol–water partition coefficient (Wildman–Crippen LogP) is 0.376. The van der Waals surface area contributed by atoms with E-state index >= 15 is 0 Å². The van der Waals surface area contributed by atoms with E-state index in [0.29, 0.717) is 13.2 Å². The Kier molecular flexibility index (Phi) is 3.64. The van der Waals surface area contributed by atoms with Crippen LogP contribution in [-0.2, 0) is 14.3 Å². The van der Waals surface area contributed by atoms with Crippen LogP contribution in [0.25, 0.3) is 0 Å². The third-order valence-corrected chi connectivity index (χ3v) is 2.42. The van der Waals surface area contributed by atoms with E-state index < -0.39 is 12.0 Å². The van der Waals surface area contributed by atoms with Gasteiger partial charge in [-0.1, -0.05) is 6.92 Å². The Morgan fingerprint density at radius 3 is 2.64 bits per heavy atom. The van der Waals surface area contributed by atoms with Crippen LogP contribution in [0.4, 0.5) is 0 Å². The molecule has 82 valence electrons. The highest BCUT2D eigenvalue weighted by atomic mass is 16.6. The summed E-state index contributed by atoms with van der Waals surface area (Å²) in [5, 5.41) is 9.68. The maximum atomic E-state index is 10.5. The smallest absolute Gasteiger partial charge is 0.125 e. The van der Waals surface area contributed by atoms with Gasteiger partial charge in [0.15, 0.2) is 0 Å². The van der Waals surface area contributed by atoms with Crippen molar-refractivity contribution in [1.82, 2.24) is 0 Å². The number of aliphatic hydroxyl groups excluding tert-OH is 1. The van der Waals surface area contributed by atoms with Crippen molar-refractivity contribution >= 4 is 6.29 Å². The Morgan fingerprint density at radius 1 is 1.57 bits per heavy atom. The van der Waals surface area contributed by atoms with Crippen LogP contribution in [0, 0.1) is 5.92 Å². The largest absolute Gasteiger partial charge is 0.390 e. The Balaban J connectivity index is 2.45. The molecule has 0 amide bonds. The molecule has 3 atom stereocenters. The average Bonchev–Trinajstić information content (AvgIpc) is 2.15. The summed E-state index contributed by atoms with van der Waals surface area (Å²) in [6.07, 6.45) is -0.430. The highest BCUT2D eigenvalue weighted by molar-refractivity contribution is 5.53. The summed E-state index contributed by atoms with van der Waals surface area (Å²) in [5.41, 5.74) is -0.291. The summed E-state index contributed by atoms with van der Waals surface area (Å²) in [4.78, 5) is 10.5. The monoisotopic (exact) mass is 202 g/mol. The first kappa shape index (κ1) is 11.6. The molecule has 0 spiro atoms. The van der Waals surface area contributed by atoms with Crippen molar-refractivity contribution in [1.29, 1.82) is 0 Å². The number of aliphatic hydroxyl groups is 1. The molecule has 1 heterocycles. The SMILES string of the molecule is CC(C=O)C(O)C1COC(C)(C)CO1. The molecule has 14 heavy (non-hydrogen) atoms. The second-order valence-electron chi connectivity index (χ2n) is 4.41. The molecule has 0 aromatic heterocycles. The fraction of sp³-hybridized carbons (Fsp3) is 0.900. The van der Waals surface area contributed by atoms with Gasteiger partial charge in [0.1, 0.15) is 12.4 Å². The number of hydrogen-bond acceptors (Lipinski definition) is 4. The van der Waals surface area contributed by atoms with E-state index in [0.717, 1.165) is 6.29 Å². The Morgan fingerprint density at radius 2 is 2.21 bits per heavy atom. The normalized spacial score (nSPS) is 30.7. The number of ether oxygens (including phenoxy) is 2. The van der Waals surface area contributed by atoms with Crippen LogP contribution in [0.2, 0.25) is 0 Å².